The van der Waals surface area contributed by atoms with Crippen molar-refractivity contribution in [1.29, 1.82) is 0 Å². The van der Waals surface area contributed by atoms with Gasteiger partial charge in [0, 0.05) is 65.3 Å². The minimum absolute atomic E-state index is 0.155. The van der Waals surface area contributed by atoms with Crippen LogP contribution in [0.5, 0.6) is 0 Å². The van der Waals surface area contributed by atoms with E-state index in [0.29, 0.717) is 22.6 Å². The molecule has 10 heteroatoms. The van der Waals surface area contributed by atoms with Gasteiger partial charge < -0.3 is 15.1 Å². The molecule has 1 atom stereocenters. The molecule has 4 heterocycles. The fraction of sp³-hybridized carbons (Fsp3) is 0.609. The zero-order valence-electron chi connectivity index (χ0n) is 19.0. The third-order valence-electron chi connectivity index (χ3n) is 7.36. The highest BCUT2D eigenvalue weighted by Crippen LogP contribution is 2.31. The fourth-order valence-electron chi connectivity index (χ4n) is 5.46. The van der Waals surface area contributed by atoms with Gasteiger partial charge in [0.05, 0.1) is 16.7 Å². The monoisotopic (exact) mass is 458 g/mol. The van der Waals surface area contributed by atoms with Crippen LogP contribution in [0.4, 0.5) is 10.1 Å². The lowest BCUT2D eigenvalue weighted by atomic mass is 9.95. The molecule has 2 N–H and O–H groups in total. The number of aromatic nitrogens is 2. The summed E-state index contributed by atoms with van der Waals surface area (Å²) in [4.78, 5) is 41.4. The largest absolute Gasteiger partial charge is 0.369 e. The van der Waals surface area contributed by atoms with E-state index in [1.165, 1.54) is 15.2 Å². The van der Waals surface area contributed by atoms with E-state index in [4.69, 9.17) is 0 Å². The predicted octanol–water partition coefficient (Wildman–Crippen LogP) is 0.578. The number of aryl methyl sites for hydroxylation is 1. The second-order valence-electron chi connectivity index (χ2n) is 9.45. The van der Waals surface area contributed by atoms with Crippen molar-refractivity contribution in [2.75, 3.05) is 50.7 Å². The van der Waals surface area contributed by atoms with Gasteiger partial charge in [-0.1, -0.05) is 0 Å². The quantitative estimate of drug-likeness (QED) is 0.652. The number of imidazole rings is 1. The van der Waals surface area contributed by atoms with Crippen LogP contribution in [0.15, 0.2) is 16.9 Å². The first-order valence-electron chi connectivity index (χ1n) is 11.8. The van der Waals surface area contributed by atoms with E-state index in [1.54, 1.807) is 13.1 Å². The van der Waals surface area contributed by atoms with E-state index in [9.17, 15) is 14.4 Å². The summed E-state index contributed by atoms with van der Waals surface area (Å²) in [6.45, 7) is 6.91. The van der Waals surface area contributed by atoms with E-state index >= 15 is 4.39 Å². The van der Waals surface area contributed by atoms with Crippen molar-refractivity contribution in [2.45, 2.75) is 31.7 Å². The van der Waals surface area contributed by atoms with Gasteiger partial charge in [-0.3, -0.25) is 24.0 Å². The molecule has 3 fully saturated rings. The molecule has 3 saturated heterocycles. The Morgan fingerprint density at radius 1 is 1.00 bits per heavy atom. The molecule has 3 aliphatic heterocycles. The van der Waals surface area contributed by atoms with Crippen LogP contribution in [0.2, 0.25) is 0 Å². The van der Waals surface area contributed by atoms with Crippen molar-refractivity contribution in [3.8, 4) is 0 Å². The summed E-state index contributed by atoms with van der Waals surface area (Å²) >= 11 is 0. The average Bonchev–Trinajstić information content (AvgIpc) is 3.04. The molecule has 2 aromatic rings. The Kier molecular flexibility index (Phi) is 5.96. The number of fused-ring (bicyclic) bond motifs is 1. The highest BCUT2D eigenvalue weighted by Gasteiger charge is 2.32. The molecule has 1 aromatic heterocycles. The Hall–Kier alpha value is -2.72. The second kappa shape index (κ2) is 8.90. The maximum Gasteiger partial charge on any atom is 0.329 e. The number of nitrogens with zero attached hydrogens (tertiary/aromatic N) is 4. The number of halogens is 1. The molecule has 3 aliphatic rings. The SMILES string of the molecule is Cn1c(=O)n(C2CCC(=O)NC2=O)c2cc(F)c(N3CCC(CN4CCNCC4)CC3)cc21. The number of nitrogens with one attached hydrogen (secondary N) is 2. The molecule has 9 nitrogen and oxygen atoms in total. The molecule has 0 aliphatic carbocycles. The number of piperazine rings is 1. The van der Waals surface area contributed by atoms with Gasteiger partial charge in [0.15, 0.2) is 0 Å². The standard InChI is InChI=1S/C23H31FN6O3/c1-27-19-13-18(29-8-4-15(5-9-29)14-28-10-6-25-7-11-28)16(24)12-20(19)30(23(27)33)17-2-3-21(31)26-22(17)32/h12-13,15,17,25H,2-11,14H2,1H3,(H,26,31,32). The molecule has 5 rings (SSSR count). The molecule has 0 spiro atoms. The number of anilines is 1. The lowest BCUT2D eigenvalue weighted by molar-refractivity contribution is -0.135. The summed E-state index contributed by atoms with van der Waals surface area (Å²) in [5, 5.41) is 5.67. The normalized spacial score (nSPS) is 23.3. The summed E-state index contributed by atoms with van der Waals surface area (Å²) < 4.78 is 18.1. The molecular weight excluding hydrogens is 427 g/mol. The van der Waals surface area contributed by atoms with Gasteiger partial charge in [0.2, 0.25) is 11.8 Å². The first-order chi connectivity index (χ1) is 15.9. The van der Waals surface area contributed by atoms with Gasteiger partial charge in [0.25, 0.3) is 0 Å². The first-order valence-corrected chi connectivity index (χ1v) is 11.8. The van der Waals surface area contributed by atoms with Crippen LogP contribution >= 0.6 is 0 Å². The lowest BCUT2D eigenvalue weighted by Gasteiger charge is -2.37. The van der Waals surface area contributed by atoms with E-state index in [-0.39, 0.29) is 24.4 Å². The Bertz CT molecular complexity index is 1130. The van der Waals surface area contributed by atoms with Crippen LogP contribution in [-0.2, 0) is 16.6 Å². The Morgan fingerprint density at radius 3 is 2.42 bits per heavy atom. The van der Waals surface area contributed by atoms with Crippen molar-refractivity contribution in [3.05, 3.63) is 28.4 Å². The van der Waals surface area contributed by atoms with Crippen LogP contribution < -0.4 is 21.2 Å². The van der Waals surface area contributed by atoms with Gasteiger partial charge in [-0.05, 0) is 31.2 Å². The Morgan fingerprint density at radius 2 is 1.73 bits per heavy atom. The third-order valence-corrected chi connectivity index (χ3v) is 7.36. The smallest absolute Gasteiger partial charge is 0.329 e. The molecule has 2 amide bonds. The third kappa shape index (κ3) is 4.17. The van der Waals surface area contributed by atoms with Crippen molar-refractivity contribution in [1.82, 2.24) is 24.7 Å². The van der Waals surface area contributed by atoms with Crippen molar-refractivity contribution < 1.29 is 14.0 Å². The molecule has 1 aromatic carbocycles. The number of amides is 2. The van der Waals surface area contributed by atoms with Gasteiger partial charge in [0.1, 0.15) is 11.9 Å². The van der Waals surface area contributed by atoms with Crippen molar-refractivity contribution in [3.63, 3.8) is 0 Å². The minimum atomic E-state index is -0.815. The Labute approximate surface area is 191 Å². The second-order valence-corrected chi connectivity index (χ2v) is 9.45. The van der Waals surface area contributed by atoms with E-state index in [2.05, 4.69) is 20.4 Å². The summed E-state index contributed by atoms with van der Waals surface area (Å²) in [6, 6.07) is 2.28. The molecule has 0 bridgehead atoms. The number of hydrogen-bond donors (Lipinski definition) is 2. The van der Waals surface area contributed by atoms with E-state index in [1.807, 2.05) is 0 Å². The minimum Gasteiger partial charge on any atom is -0.369 e. The topological polar surface area (TPSA) is 91.6 Å². The molecule has 33 heavy (non-hydrogen) atoms. The average molecular weight is 459 g/mol. The van der Waals surface area contributed by atoms with Crippen LogP contribution in [0.1, 0.15) is 31.7 Å². The highest BCUT2D eigenvalue weighted by atomic mass is 19.1. The molecule has 1 unspecified atom stereocenters. The predicted molar refractivity (Wildman–Crippen MR) is 123 cm³/mol. The van der Waals surface area contributed by atoms with Crippen LogP contribution in [-0.4, -0.2) is 71.7 Å². The van der Waals surface area contributed by atoms with Gasteiger partial charge in [-0.2, -0.15) is 0 Å². The Balaban J connectivity index is 1.37. The molecule has 0 saturated carbocycles. The fourth-order valence-corrected chi connectivity index (χ4v) is 5.46. The summed E-state index contributed by atoms with van der Waals surface area (Å²) in [5.41, 5.74) is 1.08. The zero-order valence-corrected chi connectivity index (χ0v) is 19.0. The van der Waals surface area contributed by atoms with E-state index in [0.717, 1.165) is 58.7 Å². The maximum absolute atomic E-state index is 15.3. The van der Waals surface area contributed by atoms with Crippen LogP contribution in [0.3, 0.4) is 0 Å². The summed E-state index contributed by atoms with van der Waals surface area (Å²) in [7, 11) is 1.63. The molecule has 178 valence electrons. The van der Waals surface area contributed by atoms with Gasteiger partial charge >= 0.3 is 5.69 Å². The maximum atomic E-state index is 15.3. The molecular formula is C23H31FN6O3. The van der Waals surface area contributed by atoms with Crippen LogP contribution in [0, 0.1) is 11.7 Å². The van der Waals surface area contributed by atoms with Crippen LogP contribution in [0.25, 0.3) is 11.0 Å². The number of imide groups is 1. The highest BCUT2D eigenvalue weighted by molar-refractivity contribution is 6.00. The number of rotatable bonds is 4. The number of carbonyl (C=O) groups excluding carboxylic acids is 2. The van der Waals surface area contributed by atoms with Crippen molar-refractivity contribution >= 4 is 28.5 Å². The van der Waals surface area contributed by atoms with Gasteiger partial charge in [-0.15, -0.1) is 0 Å². The number of hydrogen-bond acceptors (Lipinski definition) is 6. The summed E-state index contributed by atoms with van der Waals surface area (Å²) in [5.74, 6) is -0.644. The van der Waals surface area contributed by atoms with Gasteiger partial charge in [-0.25, -0.2) is 9.18 Å². The van der Waals surface area contributed by atoms with E-state index < -0.39 is 17.8 Å². The zero-order chi connectivity index (χ0) is 23.1. The number of piperidine rings is 2. The number of carbonyl (C=O) groups is 2. The number of benzene rings is 1. The summed E-state index contributed by atoms with van der Waals surface area (Å²) in [6.07, 6.45) is 2.41. The molecule has 0 radical (unpaired) electrons. The van der Waals surface area contributed by atoms with Crippen molar-refractivity contribution in [2.24, 2.45) is 13.0 Å². The lowest BCUT2D eigenvalue weighted by Crippen LogP contribution is -2.47. The first kappa shape index (κ1) is 22.1.